The Balaban J connectivity index is 1.75. The first-order chi connectivity index (χ1) is 16.5. The fourth-order valence-corrected chi connectivity index (χ4v) is 5.48. The van der Waals surface area contributed by atoms with Crippen LogP contribution in [0.2, 0.25) is 0 Å². The summed E-state index contributed by atoms with van der Waals surface area (Å²) in [7, 11) is -7.65. The maximum Gasteiger partial charge on any atom is 0.261 e. The molecule has 0 unspecified atom stereocenters. The second kappa shape index (κ2) is 10.7. The molecule has 1 heterocycles. The Morgan fingerprint density at radius 3 is 2.20 bits per heavy atom. The first-order valence-corrected chi connectivity index (χ1v) is 13.9. The lowest BCUT2D eigenvalue weighted by atomic mass is 10.2. The fourth-order valence-electron chi connectivity index (χ4n) is 3.27. The van der Waals surface area contributed by atoms with Crippen LogP contribution in [0.1, 0.15) is 13.8 Å². The average molecular weight is 519 g/mol. The van der Waals surface area contributed by atoms with Crippen molar-refractivity contribution in [2.45, 2.75) is 24.8 Å². The lowest BCUT2D eigenvalue weighted by Gasteiger charge is -2.28. The van der Waals surface area contributed by atoms with Gasteiger partial charge in [0.1, 0.15) is 11.8 Å². The van der Waals surface area contributed by atoms with E-state index in [0.29, 0.717) is 29.4 Å². The first-order valence-electron chi connectivity index (χ1n) is 10.6. The molecule has 0 spiro atoms. The zero-order valence-corrected chi connectivity index (χ0v) is 21.0. The Hall–Kier alpha value is -3.64. The van der Waals surface area contributed by atoms with Gasteiger partial charge in [-0.1, -0.05) is 0 Å². The van der Waals surface area contributed by atoms with Gasteiger partial charge in [-0.3, -0.25) is 18.8 Å². The van der Waals surface area contributed by atoms with Crippen LogP contribution in [0.4, 0.5) is 17.1 Å². The minimum atomic E-state index is -3.85. The molecular formula is C23H26N4O6S2. The fraction of sp³-hybridized carbons (Fsp3) is 0.217. The van der Waals surface area contributed by atoms with Gasteiger partial charge >= 0.3 is 0 Å². The van der Waals surface area contributed by atoms with Crippen molar-refractivity contribution in [1.29, 1.82) is 0 Å². The third kappa shape index (κ3) is 6.70. The highest BCUT2D eigenvalue weighted by molar-refractivity contribution is 7.92. The summed E-state index contributed by atoms with van der Waals surface area (Å²) in [5.41, 5.74) is 0.928. The normalized spacial score (nSPS) is 12.4. The number of hydrogen-bond acceptors (Lipinski definition) is 7. The minimum absolute atomic E-state index is 0.0143. The van der Waals surface area contributed by atoms with Crippen LogP contribution in [0.3, 0.4) is 0 Å². The van der Waals surface area contributed by atoms with E-state index in [1.807, 2.05) is 6.92 Å². The van der Waals surface area contributed by atoms with Crippen molar-refractivity contribution in [1.82, 2.24) is 4.98 Å². The molecule has 1 aromatic heterocycles. The van der Waals surface area contributed by atoms with Crippen molar-refractivity contribution >= 4 is 43.0 Å². The molecule has 0 aliphatic rings. The number of pyridine rings is 1. The van der Waals surface area contributed by atoms with Crippen LogP contribution in [-0.4, -0.2) is 46.6 Å². The molecule has 2 N–H and O–H groups in total. The molecule has 0 aliphatic carbocycles. The van der Waals surface area contributed by atoms with Crippen molar-refractivity contribution in [3.63, 3.8) is 0 Å². The van der Waals surface area contributed by atoms with Crippen molar-refractivity contribution in [2.75, 3.05) is 27.2 Å². The van der Waals surface area contributed by atoms with E-state index in [9.17, 15) is 21.6 Å². The second-order valence-electron chi connectivity index (χ2n) is 7.52. The number of amides is 1. The summed E-state index contributed by atoms with van der Waals surface area (Å²) in [5.74, 6) is -0.0109. The predicted molar refractivity (Wildman–Crippen MR) is 135 cm³/mol. The lowest BCUT2D eigenvalue weighted by molar-refractivity contribution is -0.116. The quantitative estimate of drug-likeness (QED) is 0.421. The van der Waals surface area contributed by atoms with E-state index in [0.717, 1.165) is 10.6 Å². The molecule has 186 valence electrons. The number of nitrogens with one attached hydrogen (secondary N) is 2. The molecule has 0 bridgehead atoms. The Labute approximate surface area is 205 Å². The van der Waals surface area contributed by atoms with E-state index in [2.05, 4.69) is 15.0 Å². The number of ether oxygens (including phenoxy) is 1. The van der Waals surface area contributed by atoms with Crippen molar-refractivity contribution in [3.8, 4) is 5.75 Å². The molecule has 1 atom stereocenters. The standard InChI is InChI=1S/C23H26N4O6S2/c1-4-33-21-11-9-20(10-12-21)27(34(3,29)30)17(2)23(28)25-18-7-13-22(14-8-18)35(31,32)26-19-6-5-15-24-16-19/h5-17,26H,4H2,1-3H3,(H,25,28)/t17-/m1/s1. The zero-order valence-electron chi connectivity index (χ0n) is 19.4. The molecule has 35 heavy (non-hydrogen) atoms. The Morgan fingerprint density at radius 2 is 1.66 bits per heavy atom. The minimum Gasteiger partial charge on any atom is -0.494 e. The van der Waals surface area contributed by atoms with E-state index >= 15 is 0 Å². The maximum absolute atomic E-state index is 12.9. The molecule has 1 amide bonds. The van der Waals surface area contributed by atoms with Crippen LogP contribution < -0.4 is 19.1 Å². The summed E-state index contributed by atoms with van der Waals surface area (Å²) in [5, 5.41) is 2.63. The highest BCUT2D eigenvalue weighted by Gasteiger charge is 2.29. The van der Waals surface area contributed by atoms with Crippen LogP contribution in [0.15, 0.2) is 78.0 Å². The van der Waals surface area contributed by atoms with E-state index < -0.39 is 32.0 Å². The summed E-state index contributed by atoms with van der Waals surface area (Å²) in [4.78, 5) is 16.7. The van der Waals surface area contributed by atoms with E-state index in [1.54, 1.807) is 36.4 Å². The third-order valence-corrected chi connectivity index (χ3v) is 7.48. The van der Waals surface area contributed by atoms with Gasteiger partial charge in [-0.2, -0.15) is 0 Å². The Bertz CT molecular complexity index is 1360. The van der Waals surface area contributed by atoms with Crippen LogP contribution in [-0.2, 0) is 24.8 Å². The number of aromatic nitrogens is 1. The van der Waals surface area contributed by atoms with Crippen LogP contribution in [0.25, 0.3) is 0 Å². The molecule has 3 aromatic rings. The maximum atomic E-state index is 12.9. The lowest BCUT2D eigenvalue weighted by Crippen LogP contribution is -2.45. The topological polar surface area (TPSA) is 135 Å². The molecule has 0 fully saturated rings. The summed E-state index contributed by atoms with van der Waals surface area (Å²) in [6.07, 6.45) is 3.92. The van der Waals surface area contributed by atoms with Gasteiger partial charge < -0.3 is 10.1 Å². The summed E-state index contributed by atoms with van der Waals surface area (Å²) >= 11 is 0. The van der Waals surface area contributed by atoms with Gasteiger partial charge in [0.25, 0.3) is 10.0 Å². The van der Waals surface area contributed by atoms with Gasteiger partial charge in [0.2, 0.25) is 15.9 Å². The number of rotatable bonds is 10. The summed E-state index contributed by atoms with van der Waals surface area (Å²) < 4.78 is 58.9. The molecule has 0 saturated carbocycles. The molecule has 10 nitrogen and oxygen atoms in total. The molecule has 12 heteroatoms. The Kier molecular flexibility index (Phi) is 7.97. The smallest absolute Gasteiger partial charge is 0.261 e. The molecule has 3 rings (SSSR count). The van der Waals surface area contributed by atoms with Crippen molar-refractivity contribution < 1.29 is 26.4 Å². The number of anilines is 3. The monoisotopic (exact) mass is 518 g/mol. The number of sulfonamides is 2. The third-order valence-electron chi connectivity index (χ3n) is 4.84. The molecular weight excluding hydrogens is 492 g/mol. The highest BCUT2D eigenvalue weighted by Crippen LogP contribution is 2.25. The van der Waals surface area contributed by atoms with Crippen LogP contribution in [0, 0.1) is 0 Å². The number of hydrogen-bond donors (Lipinski definition) is 2. The summed E-state index contributed by atoms with van der Waals surface area (Å²) in [6.45, 7) is 3.76. The van der Waals surface area contributed by atoms with Crippen molar-refractivity contribution in [3.05, 3.63) is 73.1 Å². The molecule has 2 aromatic carbocycles. The van der Waals surface area contributed by atoms with Crippen LogP contribution >= 0.6 is 0 Å². The first kappa shape index (κ1) is 26.0. The van der Waals surface area contributed by atoms with Gasteiger partial charge in [0, 0.05) is 11.9 Å². The average Bonchev–Trinajstić information content (AvgIpc) is 2.80. The molecule has 0 saturated heterocycles. The summed E-state index contributed by atoms with van der Waals surface area (Å²) in [6, 6.07) is 14.0. The van der Waals surface area contributed by atoms with Crippen LogP contribution in [0.5, 0.6) is 5.75 Å². The van der Waals surface area contributed by atoms with E-state index in [-0.39, 0.29) is 4.90 Å². The molecule has 0 aliphatic heterocycles. The molecule has 0 radical (unpaired) electrons. The van der Waals surface area contributed by atoms with Gasteiger partial charge in [-0.15, -0.1) is 0 Å². The zero-order chi connectivity index (χ0) is 25.6. The van der Waals surface area contributed by atoms with E-state index in [4.69, 9.17) is 4.74 Å². The van der Waals surface area contributed by atoms with Gasteiger partial charge in [0.05, 0.1) is 35.3 Å². The van der Waals surface area contributed by atoms with E-state index in [1.165, 1.54) is 43.6 Å². The van der Waals surface area contributed by atoms with Gasteiger partial charge in [-0.25, -0.2) is 16.8 Å². The predicted octanol–water partition coefficient (Wildman–Crippen LogP) is 3.07. The Morgan fingerprint density at radius 1 is 1.00 bits per heavy atom. The van der Waals surface area contributed by atoms with Gasteiger partial charge in [0.15, 0.2) is 0 Å². The SMILES string of the molecule is CCOc1ccc(N([C@H](C)C(=O)Nc2ccc(S(=O)(=O)Nc3cccnc3)cc2)S(C)(=O)=O)cc1. The highest BCUT2D eigenvalue weighted by atomic mass is 32.2. The number of carbonyl (C=O) groups excluding carboxylic acids is 1. The largest absolute Gasteiger partial charge is 0.494 e. The number of benzene rings is 2. The number of nitrogens with zero attached hydrogens (tertiary/aromatic N) is 2. The van der Waals surface area contributed by atoms with Gasteiger partial charge in [-0.05, 0) is 74.5 Å². The number of carbonyl (C=O) groups is 1. The second-order valence-corrected chi connectivity index (χ2v) is 11.1. The van der Waals surface area contributed by atoms with Crippen molar-refractivity contribution in [2.24, 2.45) is 0 Å².